The van der Waals surface area contributed by atoms with Crippen LogP contribution in [-0.4, -0.2) is 0 Å². The molecule has 0 fully saturated rings. The van der Waals surface area contributed by atoms with Crippen LogP contribution in [0.3, 0.4) is 0 Å². The lowest BCUT2D eigenvalue weighted by molar-refractivity contribution is 0.497. The molecule has 0 aromatic heterocycles. The maximum Gasteiger partial charge on any atom is 0.0908 e. The Morgan fingerprint density at radius 1 is 1.60 bits per heavy atom. The van der Waals surface area contributed by atoms with Crippen LogP contribution < -0.4 is 0 Å². The molecule has 0 amide bonds. The molecule has 0 bridgehead atoms. The molecule has 10 heavy (non-hydrogen) atoms. The Hall–Kier alpha value is -1.21. The molecule has 0 spiro atoms. The average molecular weight is 133 g/mol. The van der Waals surface area contributed by atoms with Crippen LogP contribution in [0.25, 0.3) is 0 Å². The lowest BCUT2D eigenvalue weighted by Gasteiger charge is -2.14. The minimum absolute atomic E-state index is 0.0372. The number of rotatable bonds is 2. The van der Waals surface area contributed by atoms with Crippen LogP contribution >= 0.6 is 0 Å². The van der Waals surface area contributed by atoms with E-state index in [1.165, 1.54) is 6.08 Å². The predicted octanol–water partition coefficient (Wildman–Crippen LogP) is 2.12. The van der Waals surface area contributed by atoms with Gasteiger partial charge in [-0.2, -0.15) is 5.26 Å². The zero-order valence-corrected chi connectivity index (χ0v) is 6.39. The fraction of sp³-hybridized carbons (Fsp3) is 0.444. The quantitative estimate of drug-likeness (QED) is 0.418. The molecule has 0 aliphatic carbocycles. The van der Waals surface area contributed by atoms with Gasteiger partial charge in [0.1, 0.15) is 0 Å². The van der Waals surface area contributed by atoms with E-state index >= 15 is 0 Å². The average Bonchev–Trinajstić information content (AvgIpc) is 1.84. The van der Waals surface area contributed by atoms with Crippen LogP contribution in [0.4, 0.5) is 0 Å². The van der Waals surface area contributed by atoms with Crippen LogP contribution in [-0.2, 0) is 0 Å². The van der Waals surface area contributed by atoms with Crippen LogP contribution in [0.1, 0.15) is 20.3 Å². The highest BCUT2D eigenvalue weighted by atomic mass is 14.2. The largest absolute Gasteiger partial charge is 0.193 e. The van der Waals surface area contributed by atoms with Crippen molar-refractivity contribution in [1.29, 1.82) is 5.26 Å². The van der Waals surface area contributed by atoms with Gasteiger partial charge in [-0.15, -0.1) is 12.3 Å². The van der Waals surface area contributed by atoms with Gasteiger partial charge in [-0.1, -0.05) is 19.9 Å². The summed E-state index contributed by atoms with van der Waals surface area (Å²) in [7, 11) is 0. The molecule has 0 aromatic carbocycles. The Bertz CT molecular complexity index is 198. The standard InChI is InChI=1S/C9H11N/c1-4-6-9(2,3)7-5-8-10/h1,5,7H,6H2,2-3H3/b7-5+. The highest BCUT2D eigenvalue weighted by Gasteiger charge is 2.10. The second-order valence-corrected chi connectivity index (χ2v) is 2.83. The molecular weight excluding hydrogens is 122 g/mol. The van der Waals surface area contributed by atoms with E-state index in [1.807, 2.05) is 26.0 Å². The molecule has 1 heteroatoms. The van der Waals surface area contributed by atoms with E-state index in [9.17, 15) is 0 Å². The fourth-order valence-corrected chi connectivity index (χ4v) is 0.585. The van der Waals surface area contributed by atoms with Gasteiger partial charge in [0.15, 0.2) is 0 Å². The van der Waals surface area contributed by atoms with Gasteiger partial charge >= 0.3 is 0 Å². The van der Waals surface area contributed by atoms with Gasteiger partial charge in [-0.25, -0.2) is 0 Å². The van der Waals surface area contributed by atoms with Gasteiger partial charge in [-0.05, 0) is 5.41 Å². The third-order valence-electron chi connectivity index (χ3n) is 1.17. The van der Waals surface area contributed by atoms with E-state index in [1.54, 1.807) is 0 Å². The Morgan fingerprint density at radius 3 is 2.60 bits per heavy atom. The predicted molar refractivity (Wildman–Crippen MR) is 42.0 cm³/mol. The molecule has 0 N–H and O–H groups in total. The van der Waals surface area contributed by atoms with E-state index in [0.29, 0.717) is 6.42 Å². The highest BCUT2D eigenvalue weighted by Crippen LogP contribution is 2.20. The Kier molecular flexibility index (Phi) is 3.29. The van der Waals surface area contributed by atoms with Gasteiger partial charge in [0.2, 0.25) is 0 Å². The van der Waals surface area contributed by atoms with Crippen LogP contribution in [0.5, 0.6) is 0 Å². The minimum atomic E-state index is -0.0372. The zero-order valence-electron chi connectivity index (χ0n) is 6.39. The van der Waals surface area contributed by atoms with Crippen molar-refractivity contribution < 1.29 is 0 Å². The van der Waals surface area contributed by atoms with Gasteiger partial charge in [0.25, 0.3) is 0 Å². The summed E-state index contributed by atoms with van der Waals surface area (Å²) in [6, 6.07) is 1.93. The highest BCUT2D eigenvalue weighted by molar-refractivity contribution is 5.09. The van der Waals surface area contributed by atoms with Crippen molar-refractivity contribution in [3.05, 3.63) is 12.2 Å². The van der Waals surface area contributed by atoms with E-state index in [2.05, 4.69) is 5.92 Å². The first-order valence-corrected chi connectivity index (χ1v) is 3.13. The van der Waals surface area contributed by atoms with Crippen LogP contribution in [0.15, 0.2) is 12.2 Å². The summed E-state index contributed by atoms with van der Waals surface area (Å²) in [6.45, 7) is 4.00. The van der Waals surface area contributed by atoms with Crippen molar-refractivity contribution in [2.75, 3.05) is 0 Å². The van der Waals surface area contributed by atoms with Crippen molar-refractivity contribution in [3.8, 4) is 18.4 Å². The topological polar surface area (TPSA) is 23.8 Å². The molecule has 1 nitrogen and oxygen atoms in total. The SMILES string of the molecule is C#CCC(C)(C)/C=C/C#N. The molecule has 52 valence electrons. The molecule has 0 aromatic rings. The van der Waals surface area contributed by atoms with Crippen molar-refractivity contribution in [3.63, 3.8) is 0 Å². The summed E-state index contributed by atoms with van der Waals surface area (Å²) < 4.78 is 0. The maximum absolute atomic E-state index is 8.21. The second kappa shape index (κ2) is 3.75. The number of terminal acetylenes is 1. The third kappa shape index (κ3) is 3.75. The first-order valence-electron chi connectivity index (χ1n) is 3.13. The molecule has 0 saturated heterocycles. The Morgan fingerprint density at radius 2 is 2.20 bits per heavy atom. The molecular formula is C9H11N. The van der Waals surface area contributed by atoms with Crippen LogP contribution in [0.2, 0.25) is 0 Å². The first-order chi connectivity index (χ1) is 4.62. The number of nitrogens with zero attached hydrogens (tertiary/aromatic N) is 1. The van der Waals surface area contributed by atoms with E-state index < -0.39 is 0 Å². The fourth-order valence-electron chi connectivity index (χ4n) is 0.585. The summed E-state index contributed by atoms with van der Waals surface area (Å²) in [4.78, 5) is 0. The van der Waals surface area contributed by atoms with Gasteiger partial charge in [0.05, 0.1) is 6.07 Å². The van der Waals surface area contributed by atoms with Crippen molar-refractivity contribution in [2.45, 2.75) is 20.3 Å². The smallest absolute Gasteiger partial charge is 0.0908 e. The van der Waals surface area contributed by atoms with Gasteiger partial charge in [0, 0.05) is 12.5 Å². The van der Waals surface area contributed by atoms with E-state index in [0.717, 1.165) is 0 Å². The molecule has 0 unspecified atom stereocenters. The minimum Gasteiger partial charge on any atom is -0.193 e. The van der Waals surface area contributed by atoms with Crippen molar-refractivity contribution >= 4 is 0 Å². The third-order valence-corrected chi connectivity index (χ3v) is 1.17. The number of hydrogen-bond donors (Lipinski definition) is 0. The summed E-state index contributed by atoms with van der Waals surface area (Å²) in [5.41, 5.74) is -0.0372. The maximum atomic E-state index is 8.21. The monoisotopic (exact) mass is 133 g/mol. The van der Waals surface area contributed by atoms with Crippen molar-refractivity contribution in [2.24, 2.45) is 5.41 Å². The molecule has 0 aliphatic heterocycles. The molecule has 0 atom stereocenters. The molecule has 0 saturated carbocycles. The lowest BCUT2D eigenvalue weighted by atomic mass is 9.89. The van der Waals surface area contributed by atoms with Gasteiger partial charge < -0.3 is 0 Å². The second-order valence-electron chi connectivity index (χ2n) is 2.83. The Balaban J connectivity index is 4.04. The number of nitriles is 1. The summed E-state index contributed by atoms with van der Waals surface area (Å²) in [5, 5.41) is 8.21. The summed E-state index contributed by atoms with van der Waals surface area (Å²) in [6.07, 6.45) is 9.09. The summed E-state index contributed by atoms with van der Waals surface area (Å²) in [5.74, 6) is 2.56. The number of allylic oxidation sites excluding steroid dienone is 2. The first kappa shape index (κ1) is 8.79. The molecule has 0 heterocycles. The van der Waals surface area contributed by atoms with Gasteiger partial charge in [-0.3, -0.25) is 0 Å². The molecule has 0 rings (SSSR count). The zero-order chi connectivity index (χ0) is 8.04. The van der Waals surface area contributed by atoms with E-state index in [4.69, 9.17) is 11.7 Å². The lowest BCUT2D eigenvalue weighted by Crippen LogP contribution is -2.04. The summed E-state index contributed by atoms with van der Waals surface area (Å²) >= 11 is 0. The Labute approximate surface area is 62.4 Å². The van der Waals surface area contributed by atoms with E-state index in [-0.39, 0.29) is 5.41 Å². The number of hydrogen-bond acceptors (Lipinski definition) is 1. The molecule has 0 radical (unpaired) electrons. The van der Waals surface area contributed by atoms with Crippen LogP contribution in [0, 0.1) is 29.1 Å². The normalized spacial score (nSPS) is 10.8. The molecule has 0 aliphatic rings. The van der Waals surface area contributed by atoms with Crippen molar-refractivity contribution in [1.82, 2.24) is 0 Å².